The highest BCUT2D eigenvalue weighted by molar-refractivity contribution is 5.83. The lowest BCUT2D eigenvalue weighted by atomic mass is 9.76. The molecule has 3 rings (SSSR count). The zero-order valence-electron chi connectivity index (χ0n) is 11.5. The number of carboxylic acids is 1. The van der Waals surface area contributed by atoms with Gasteiger partial charge >= 0.3 is 5.97 Å². The molecule has 0 amide bonds. The van der Waals surface area contributed by atoms with Gasteiger partial charge in [0.15, 0.2) is 0 Å². The third kappa shape index (κ3) is 2.08. The summed E-state index contributed by atoms with van der Waals surface area (Å²) in [6, 6.07) is 7.94. The number of fused-ring (bicyclic) bond motifs is 1. The number of nitrogens with zero attached hydrogens (tertiary/aromatic N) is 2. The molecule has 0 atom stereocenters. The van der Waals surface area contributed by atoms with Crippen LogP contribution in [0, 0.1) is 5.41 Å². The molecule has 0 unspecified atom stereocenters. The number of aliphatic carboxylic acids is 1. The molecule has 2 heterocycles. The van der Waals surface area contributed by atoms with Crippen molar-refractivity contribution in [3.63, 3.8) is 0 Å². The Hall–Kier alpha value is -1.88. The SMILES string of the molecule is Cn1nc(CC2(C(=O)O)CCOCC2)c2ccccc21. The van der Waals surface area contributed by atoms with Gasteiger partial charge in [0.1, 0.15) is 0 Å². The van der Waals surface area contributed by atoms with Gasteiger partial charge in [0.2, 0.25) is 0 Å². The van der Waals surface area contributed by atoms with Crippen LogP contribution >= 0.6 is 0 Å². The van der Waals surface area contributed by atoms with E-state index in [2.05, 4.69) is 5.10 Å². The third-order valence-corrected chi connectivity index (χ3v) is 4.24. The molecular formula is C15H18N2O3. The fraction of sp³-hybridized carbons (Fsp3) is 0.467. The zero-order chi connectivity index (χ0) is 14.2. The van der Waals surface area contributed by atoms with E-state index in [1.807, 2.05) is 36.0 Å². The molecule has 1 aromatic carbocycles. The monoisotopic (exact) mass is 274 g/mol. The normalized spacial score (nSPS) is 18.2. The van der Waals surface area contributed by atoms with E-state index in [0.29, 0.717) is 32.5 Å². The van der Waals surface area contributed by atoms with Crippen LogP contribution in [0.2, 0.25) is 0 Å². The van der Waals surface area contributed by atoms with E-state index in [1.54, 1.807) is 0 Å². The van der Waals surface area contributed by atoms with Gasteiger partial charge < -0.3 is 9.84 Å². The number of aryl methyl sites for hydroxylation is 1. The van der Waals surface area contributed by atoms with Crippen molar-refractivity contribution in [3.05, 3.63) is 30.0 Å². The van der Waals surface area contributed by atoms with E-state index < -0.39 is 11.4 Å². The number of para-hydroxylation sites is 1. The van der Waals surface area contributed by atoms with Gasteiger partial charge in [-0.05, 0) is 18.9 Å². The number of aromatic nitrogens is 2. The summed E-state index contributed by atoms with van der Waals surface area (Å²) < 4.78 is 7.14. The quantitative estimate of drug-likeness (QED) is 0.929. The van der Waals surface area contributed by atoms with Gasteiger partial charge in [-0.2, -0.15) is 5.10 Å². The van der Waals surface area contributed by atoms with Gasteiger partial charge in [0, 0.05) is 32.1 Å². The molecule has 1 aliphatic heterocycles. The first-order chi connectivity index (χ1) is 9.62. The van der Waals surface area contributed by atoms with E-state index in [-0.39, 0.29) is 0 Å². The summed E-state index contributed by atoms with van der Waals surface area (Å²) >= 11 is 0. The summed E-state index contributed by atoms with van der Waals surface area (Å²) in [4.78, 5) is 11.7. The number of hydrogen-bond donors (Lipinski definition) is 1. The van der Waals surface area contributed by atoms with Gasteiger partial charge in [-0.3, -0.25) is 9.48 Å². The molecule has 1 fully saturated rings. The molecule has 0 spiro atoms. The van der Waals surface area contributed by atoms with Crippen molar-refractivity contribution in [1.29, 1.82) is 0 Å². The molecule has 0 aliphatic carbocycles. The number of benzene rings is 1. The molecule has 0 radical (unpaired) electrons. The zero-order valence-corrected chi connectivity index (χ0v) is 11.5. The molecule has 2 aromatic rings. The van der Waals surface area contributed by atoms with Gasteiger partial charge in [-0.15, -0.1) is 0 Å². The van der Waals surface area contributed by atoms with Crippen molar-refractivity contribution < 1.29 is 14.6 Å². The summed E-state index contributed by atoms with van der Waals surface area (Å²) in [7, 11) is 1.89. The van der Waals surface area contributed by atoms with Gasteiger partial charge in [0.05, 0.1) is 16.6 Å². The number of ether oxygens (including phenoxy) is 1. The lowest BCUT2D eigenvalue weighted by Gasteiger charge is -2.32. The van der Waals surface area contributed by atoms with Crippen molar-refractivity contribution in [3.8, 4) is 0 Å². The van der Waals surface area contributed by atoms with E-state index in [1.165, 1.54) is 0 Å². The molecule has 1 N–H and O–H groups in total. The number of hydrogen-bond acceptors (Lipinski definition) is 3. The van der Waals surface area contributed by atoms with E-state index in [9.17, 15) is 9.90 Å². The van der Waals surface area contributed by atoms with Crippen LogP contribution in [-0.4, -0.2) is 34.1 Å². The van der Waals surface area contributed by atoms with Crippen LogP contribution in [0.4, 0.5) is 0 Å². The second kappa shape index (κ2) is 4.90. The largest absolute Gasteiger partial charge is 0.481 e. The van der Waals surface area contributed by atoms with E-state index in [0.717, 1.165) is 16.6 Å². The molecule has 5 nitrogen and oxygen atoms in total. The van der Waals surface area contributed by atoms with Crippen molar-refractivity contribution >= 4 is 16.9 Å². The Morgan fingerprint density at radius 3 is 2.80 bits per heavy atom. The van der Waals surface area contributed by atoms with Crippen LogP contribution in [0.5, 0.6) is 0 Å². The minimum atomic E-state index is -0.741. The number of carbonyl (C=O) groups is 1. The smallest absolute Gasteiger partial charge is 0.310 e. The van der Waals surface area contributed by atoms with Crippen LogP contribution in [0.15, 0.2) is 24.3 Å². The summed E-state index contributed by atoms with van der Waals surface area (Å²) in [6.07, 6.45) is 1.56. The lowest BCUT2D eigenvalue weighted by molar-refractivity contribution is -0.154. The Kier molecular flexibility index (Phi) is 3.22. The molecule has 106 valence electrons. The first-order valence-electron chi connectivity index (χ1n) is 6.84. The van der Waals surface area contributed by atoms with Crippen LogP contribution in [0.1, 0.15) is 18.5 Å². The topological polar surface area (TPSA) is 64.4 Å². The van der Waals surface area contributed by atoms with Crippen molar-refractivity contribution in [1.82, 2.24) is 9.78 Å². The van der Waals surface area contributed by atoms with Gasteiger partial charge in [-0.25, -0.2) is 0 Å². The predicted molar refractivity (Wildman–Crippen MR) is 74.5 cm³/mol. The average Bonchev–Trinajstić information content (AvgIpc) is 2.77. The predicted octanol–water partition coefficient (Wildman–Crippen LogP) is 2.00. The van der Waals surface area contributed by atoms with Crippen molar-refractivity contribution in [2.75, 3.05) is 13.2 Å². The first-order valence-corrected chi connectivity index (χ1v) is 6.84. The summed E-state index contributed by atoms with van der Waals surface area (Å²) in [6.45, 7) is 1.02. The molecule has 1 aromatic heterocycles. The van der Waals surface area contributed by atoms with Gasteiger partial charge in [-0.1, -0.05) is 18.2 Å². The number of carboxylic acid groups (broad SMARTS) is 1. The Labute approximate surface area is 117 Å². The highest BCUT2D eigenvalue weighted by Gasteiger charge is 2.41. The minimum absolute atomic E-state index is 0.465. The Balaban J connectivity index is 2.01. The molecule has 1 saturated heterocycles. The lowest BCUT2D eigenvalue weighted by Crippen LogP contribution is -2.39. The Morgan fingerprint density at radius 2 is 2.10 bits per heavy atom. The maximum atomic E-state index is 11.7. The van der Waals surface area contributed by atoms with Crippen LogP contribution in [-0.2, 0) is 23.0 Å². The van der Waals surface area contributed by atoms with Crippen LogP contribution in [0.3, 0.4) is 0 Å². The van der Waals surface area contributed by atoms with Gasteiger partial charge in [0.25, 0.3) is 0 Å². The Bertz CT molecular complexity index is 642. The summed E-state index contributed by atoms with van der Waals surface area (Å²) in [5, 5.41) is 15.2. The fourth-order valence-corrected chi connectivity index (χ4v) is 2.97. The molecule has 1 aliphatic rings. The molecule has 0 saturated carbocycles. The van der Waals surface area contributed by atoms with E-state index in [4.69, 9.17) is 4.74 Å². The molecular weight excluding hydrogens is 256 g/mol. The molecule has 5 heteroatoms. The van der Waals surface area contributed by atoms with E-state index >= 15 is 0 Å². The summed E-state index contributed by atoms with van der Waals surface area (Å²) in [5.74, 6) is -0.740. The minimum Gasteiger partial charge on any atom is -0.481 e. The highest BCUT2D eigenvalue weighted by Crippen LogP contribution is 2.36. The van der Waals surface area contributed by atoms with Crippen molar-refractivity contribution in [2.24, 2.45) is 12.5 Å². The molecule has 20 heavy (non-hydrogen) atoms. The maximum Gasteiger partial charge on any atom is 0.310 e. The third-order valence-electron chi connectivity index (χ3n) is 4.24. The summed E-state index contributed by atoms with van der Waals surface area (Å²) in [5.41, 5.74) is 1.16. The van der Waals surface area contributed by atoms with Crippen LogP contribution in [0.25, 0.3) is 10.9 Å². The van der Waals surface area contributed by atoms with Crippen LogP contribution < -0.4 is 0 Å². The molecule has 0 bridgehead atoms. The average molecular weight is 274 g/mol. The number of rotatable bonds is 3. The second-order valence-electron chi connectivity index (χ2n) is 5.46. The first kappa shape index (κ1) is 13.1. The maximum absolute atomic E-state index is 11.7. The fourth-order valence-electron chi connectivity index (χ4n) is 2.97. The second-order valence-corrected chi connectivity index (χ2v) is 5.46. The standard InChI is InChI=1S/C15H18N2O3/c1-17-13-5-3-2-4-11(13)12(16-17)10-15(14(18)19)6-8-20-9-7-15/h2-5H,6-10H2,1H3,(H,18,19). The highest BCUT2D eigenvalue weighted by atomic mass is 16.5. The Morgan fingerprint density at radius 1 is 1.40 bits per heavy atom. The van der Waals surface area contributed by atoms with Crippen molar-refractivity contribution in [2.45, 2.75) is 19.3 Å².